The molecule has 0 heterocycles. The van der Waals surface area contributed by atoms with Crippen LogP contribution in [0.15, 0.2) is 16.6 Å². The lowest BCUT2D eigenvalue weighted by Gasteiger charge is -2.05. The summed E-state index contributed by atoms with van der Waals surface area (Å²) in [5.74, 6) is -0.727. The molecule has 0 bridgehead atoms. The molecule has 0 unspecified atom stereocenters. The number of esters is 1. The minimum atomic E-state index is -0.727. The number of alkyl halides is 1. The molecule has 0 atom stereocenters. The topological polar surface area (TPSA) is 69.4 Å². The molecule has 0 radical (unpaired) electrons. The summed E-state index contributed by atoms with van der Waals surface area (Å²) in [6.45, 7) is 0. The van der Waals surface area contributed by atoms with Gasteiger partial charge in [0.25, 0.3) is 5.69 Å². The van der Waals surface area contributed by atoms with E-state index in [4.69, 9.17) is 0 Å². The molecule has 0 aliphatic heterocycles. The SMILES string of the molecule is COC(=O)c1cc(Br)cc(CBr)c1[N+](=O)[O-]. The Morgan fingerprint density at radius 3 is 2.62 bits per heavy atom. The predicted octanol–water partition coefficient (Wildman–Crippen LogP) is 3.04. The average molecular weight is 353 g/mol. The van der Waals surface area contributed by atoms with Crippen LogP contribution >= 0.6 is 31.9 Å². The molecular weight excluding hydrogens is 346 g/mol. The minimum Gasteiger partial charge on any atom is -0.465 e. The van der Waals surface area contributed by atoms with Crippen molar-refractivity contribution in [2.75, 3.05) is 7.11 Å². The molecule has 86 valence electrons. The maximum absolute atomic E-state index is 11.4. The third kappa shape index (κ3) is 2.59. The number of nitro benzene ring substituents is 1. The van der Waals surface area contributed by atoms with E-state index >= 15 is 0 Å². The lowest BCUT2D eigenvalue weighted by atomic mass is 10.1. The predicted molar refractivity (Wildman–Crippen MR) is 64.8 cm³/mol. The molecular formula is C9H7Br2NO4. The Hall–Kier alpha value is -0.950. The van der Waals surface area contributed by atoms with Crippen LogP contribution in [0, 0.1) is 10.1 Å². The Labute approximate surface area is 108 Å². The second-order valence-electron chi connectivity index (χ2n) is 2.84. The standard InChI is InChI=1S/C9H7Br2NO4/c1-16-9(13)7-3-6(11)2-5(4-10)8(7)12(14)15/h2-3H,4H2,1H3. The van der Waals surface area contributed by atoms with Crippen LogP contribution in [-0.2, 0) is 10.1 Å². The molecule has 0 saturated heterocycles. The number of benzene rings is 1. The smallest absolute Gasteiger partial charge is 0.344 e. The molecule has 0 N–H and O–H groups in total. The van der Waals surface area contributed by atoms with E-state index < -0.39 is 10.9 Å². The van der Waals surface area contributed by atoms with Gasteiger partial charge in [-0.2, -0.15) is 0 Å². The van der Waals surface area contributed by atoms with Crippen molar-refractivity contribution in [3.05, 3.63) is 37.8 Å². The van der Waals surface area contributed by atoms with Gasteiger partial charge in [0.1, 0.15) is 5.56 Å². The molecule has 1 aromatic rings. The first-order valence-corrected chi connectivity index (χ1v) is 6.03. The summed E-state index contributed by atoms with van der Waals surface area (Å²) in [7, 11) is 1.18. The molecule has 0 saturated carbocycles. The second kappa shape index (κ2) is 5.40. The van der Waals surface area contributed by atoms with Crippen LogP contribution in [0.4, 0.5) is 5.69 Å². The zero-order chi connectivity index (χ0) is 12.3. The quantitative estimate of drug-likeness (QED) is 0.363. The van der Waals surface area contributed by atoms with E-state index in [0.717, 1.165) is 0 Å². The number of nitrogens with zero attached hydrogens (tertiary/aromatic N) is 1. The van der Waals surface area contributed by atoms with Gasteiger partial charge in [-0.15, -0.1) is 0 Å². The van der Waals surface area contributed by atoms with Gasteiger partial charge in [0, 0.05) is 15.4 Å². The molecule has 1 aromatic carbocycles. The van der Waals surface area contributed by atoms with Gasteiger partial charge in [0.15, 0.2) is 0 Å². The number of nitro groups is 1. The molecule has 0 spiro atoms. The van der Waals surface area contributed by atoms with E-state index in [9.17, 15) is 14.9 Å². The number of methoxy groups -OCH3 is 1. The number of halogens is 2. The third-order valence-corrected chi connectivity index (χ3v) is 2.95. The van der Waals surface area contributed by atoms with Crippen molar-refractivity contribution >= 4 is 43.5 Å². The van der Waals surface area contributed by atoms with Crippen LogP contribution in [0.2, 0.25) is 0 Å². The van der Waals surface area contributed by atoms with Crippen molar-refractivity contribution in [1.82, 2.24) is 0 Å². The summed E-state index contributed by atoms with van der Waals surface area (Å²) in [6, 6.07) is 2.95. The van der Waals surface area contributed by atoms with E-state index in [2.05, 4.69) is 36.6 Å². The molecule has 1 rings (SSSR count). The van der Waals surface area contributed by atoms with Gasteiger partial charge in [-0.05, 0) is 12.1 Å². The summed E-state index contributed by atoms with van der Waals surface area (Å²) >= 11 is 6.32. The zero-order valence-electron chi connectivity index (χ0n) is 8.20. The number of carbonyl (C=O) groups excluding carboxylic acids is 1. The Morgan fingerprint density at radius 2 is 2.19 bits per heavy atom. The molecule has 0 aromatic heterocycles. The summed E-state index contributed by atoms with van der Waals surface area (Å²) in [5.41, 5.74) is 0.128. The minimum absolute atomic E-state index is 0.0590. The van der Waals surface area contributed by atoms with Gasteiger partial charge in [0.05, 0.1) is 12.0 Å². The summed E-state index contributed by atoms with van der Waals surface area (Å²) in [4.78, 5) is 21.7. The molecule has 0 amide bonds. The van der Waals surface area contributed by atoms with E-state index in [-0.39, 0.29) is 16.6 Å². The van der Waals surface area contributed by atoms with Crippen molar-refractivity contribution in [1.29, 1.82) is 0 Å². The van der Waals surface area contributed by atoms with Crippen molar-refractivity contribution in [3.8, 4) is 0 Å². The van der Waals surface area contributed by atoms with Crippen molar-refractivity contribution in [2.45, 2.75) is 5.33 Å². The van der Waals surface area contributed by atoms with Crippen LogP contribution < -0.4 is 0 Å². The molecule has 16 heavy (non-hydrogen) atoms. The van der Waals surface area contributed by atoms with E-state index in [1.807, 2.05) is 0 Å². The van der Waals surface area contributed by atoms with Gasteiger partial charge >= 0.3 is 5.97 Å². The van der Waals surface area contributed by atoms with Gasteiger partial charge in [-0.3, -0.25) is 10.1 Å². The van der Waals surface area contributed by atoms with Crippen LogP contribution in [0.1, 0.15) is 15.9 Å². The highest BCUT2D eigenvalue weighted by Crippen LogP contribution is 2.30. The van der Waals surface area contributed by atoms with Crippen molar-refractivity contribution in [2.24, 2.45) is 0 Å². The van der Waals surface area contributed by atoms with Crippen molar-refractivity contribution in [3.63, 3.8) is 0 Å². The summed E-state index contributed by atoms with van der Waals surface area (Å²) in [6.07, 6.45) is 0. The van der Waals surface area contributed by atoms with Gasteiger partial charge < -0.3 is 4.74 Å². The number of hydrogen-bond acceptors (Lipinski definition) is 4. The third-order valence-electron chi connectivity index (χ3n) is 1.89. The lowest BCUT2D eigenvalue weighted by molar-refractivity contribution is -0.385. The fraction of sp³-hybridized carbons (Fsp3) is 0.222. The maximum Gasteiger partial charge on any atom is 0.344 e. The first-order valence-electron chi connectivity index (χ1n) is 4.12. The average Bonchev–Trinajstić information content (AvgIpc) is 2.26. The molecule has 0 aliphatic carbocycles. The first kappa shape index (κ1) is 13.1. The summed E-state index contributed by atoms with van der Waals surface area (Å²) < 4.78 is 5.09. The molecule has 0 aliphatic rings. The number of hydrogen-bond donors (Lipinski definition) is 0. The van der Waals surface area contributed by atoms with Crippen LogP contribution in [0.25, 0.3) is 0 Å². The Bertz CT molecular complexity index is 447. The highest BCUT2D eigenvalue weighted by molar-refractivity contribution is 9.10. The maximum atomic E-state index is 11.4. The fourth-order valence-electron chi connectivity index (χ4n) is 1.24. The Balaban J connectivity index is 3.50. The number of carbonyl (C=O) groups is 1. The van der Waals surface area contributed by atoms with Crippen molar-refractivity contribution < 1.29 is 14.5 Å². The zero-order valence-corrected chi connectivity index (χ0v) is 11.4. The van der Waals surface area contributed by atoms with Crippen LogP contribution in [-0.4, -0.2) is 18.0 Å². The largest absolute Gasteiger partial charge is 0.465 e. The monoisotopic (exact) mass is 351 g/mol. The lowest BCUT2D eigenvalue weighted by Crippen LogP contribution is -2.07. The summed E-state index contributed by atoms with van der Waals surface area (Å²) in [5, 5.41) is 11.2. The highest BCUT2D eigenvalue weighted by atomic mass is 79.9. The van der Waals surface area contributed by atoms with E-state index in [0.29, 0.717) is 10.0 Å². The van der Waals surface area contributed by atoms with E-state index in [1.165, 1.54) is 13.2 Å². The molecule has 5 nitrogen and oxygen atoms in total. The number of rotatable bonds is 3. The van der Waals surface area contributed by atoms with Gasteiger partial charge in [0.2, 0.25) is 0 Å². The normalized spacial score (nSPS) is 9.94. The Morgan fingerprint density at radius 1 is 1.56 bits per heavy atom. The first-order chi connectivity index (χ1) is 7.51. The fourth-order valence-corrected chi connectivity index (χ4v) is 2.17. The number of ether oxygens (including phenoxy) is 1. The van der Waals surface area contributed by atoms with Gasteiger partial charge in [-0.1, -0.05) is 31.9 Å². The van der Waals surface area contributed by atoms with Gasteiger partial charge in [-0.25, -0.2) is 4.79 Å². The molecule has 7 heteroatoms. The van der Waals surface area contributed by atoms with E-state index in [1.54, 1.807) is 6.07 Å². The molecule has 0 fully saturated rings. The Kier molecular flexibility index (Phi) is 4.43. The second-order valence-corrected chi connectivity index (χ2v) is 4.32. The highest BCUT2D eigenvalue weighted by Gasteiger charge is 2.25. The van der Waals surface area contributed by atoms with Crippen LogP contribution in [0.3, 0.4) is 0 Å². The van der Waals surface area contributed by atoms with Crippen LogP contribution in [0.5, 0.6) is 0 Å².